The van der Waals surface area contributed by atoms with E-state index >= 15 is 0 Å². The van der Waals surface area contributed by atoms with Crippen molar-refractivity contribution >= 4 is 0 Å². The van der Waals surface area contributed by atoms with Gasteiger partial charge in [-0.2, -0.15) is 0 Å². The van der Waals surface area contributed by atoms with Crippen molar-refractivity contribution in [3.05, 3.63) is 58.7 Å². The van der Waals surface area contributed by atoms with Gasteiger partial charge in [0, 0.05) is 5.41 Å². The van der Waals surface area contributed by atoms with Crippen LogP contribution in [0, 0.1) is 0 Å². The molecule has 2 heteroatoms. The second kappa shape index (κ2) is 7.51. The lowest BCUT2D eigenvalue weighted by molar-refractivity contribution is 0.470. The zero-order valence-electron chi connectivity index (χ0n) is 16.4. The maximum absolute atomic E-state index is 10.0. The van der Waals surface area contributed by atoms with Crippen molar-refractivity contribution in [2.75, 3.05) is 0 Å². The van der Waals surface area contributed by atoms with Crippen molar-refractivity contribution in [3.63, 3.8) is 0 Å². The second-order valence-corrected chi connectivity index (χ2v) is 7.79. The monoisotopic (exact) mass is 340 g/mol. The van der Waals surface area contributed by atoms with Gasteiger partial charge >= 0.3 is 0 Å². The van der Waals surface area contributed by atoms with Gasteiger partial charge in [-0.15, -0.1) is 0 Å². The molecule has 0 saturated carbocycles. The van der Waals surface area contributed by atoms with Gasteiger partial charge < -0.3 is 10.2 Å². The fourth-order valence-corrected chi connectivity index (χ4v) is 3.64. The van der Waals surface area contributed by atoms with Crippen LogP contribution in [0.15, 0.2) is 36.4 Å². The van der Waals surface area contributed by atoms with Gasteiger partial charge in [-0.1, -0.05) is 53.7 Å². The van der Waals surface area contributed by atoms with Crippen LogP contribution in [0.2, 0.25) is 0 Å². The highest BCUT2D eigenvalue weighted by Gasteiger charge is 2.30. The minimum atomic E-state index is -0.209. The molecule has 0 aliphatic heterocycles. The Morgan fingerprint density at radius 1 is 0.760 bits per heavy atom. The molecule has 0 saturated heterocycles. The SMILES string of the molecule is CCC(C)c1cc(O)ccc1C(C)(C)c1ccc(O)cc1C(C)CC. The first-order chi connectivity index (χ1) is 11.7. The molecular weight excluding hydrogens is 308 g/mol. The van der Waals surface area contributed by atoms with Gasteiger partial charge in [0.25, 0.3) is 0 Å². The van der Waals surface area contributed by atoms with Crippen LogP contribution in [0.3, 0.4) is 0 Å². The van der Waals surface area contributed by atoms with Crippen LogP contribution >= 0.6 is 0 Å². The minimum absolute atomic E-state index is 0.209. The molecule has 2 nitrogen and oxygen atoms in total. The molecule has 25 heavy (non-hydrogen) atoms. The summed E-state index contributed by atoms with van der Waals surface area (Å²) in [4.78, 5) is 0. The van der Waals surface area contributed by atoms with Crippen LogP contribution in [-0.4, -0.2) is 10.2 Å². The van der Waals surface area contributed by atoms with E-state index in [4.69, 9.17) is 0 Å². The van der Waals surface area contributed by atoms with Crippen molar-refractivity contribution in [2.24, 2.45) is 0 Å². The summed E-state index contributed by atoms with van der Waals surface area (Å²) in [6, 6.07) is 11.5. The fourth-order valence-electron chi connectivity index (χ4n) is 3.64. The Kier molecular flexibility index (Phi) is 5.82. The van der Waals surface area contributed by atoms with Crippen LogP contribution in [0.25, 0.3) is 0 Å². The third kappa shape index (κ3) is 3.84. The van der Waals surface area contributed by atoms with Crippen molar-refractivity contribution < 1.29 is 10.2 Å². The quantitative estimate of drug-likeness (QED) is 0.634. The molecule has 2 aromatic rings. The van der Waals surface area contributed by atoms with E-state index in [-0.39, 0.29) is 5.41 Å². The molecule has 0 amide bonds. The highest BCUT2D eigenvalue weighted by Crippen LogP contribution is 2.42. The molecular formula is C23H32O2. The molecule has 2 N–H and O–H groups in total. The van der Waals surface area contributed by atoms with Gasteiger partial charge in [0.1, 0.15) is 11.5 Å². The Hall–Kier alpha value is -1.96. The largest absolute Gasteiger partial charge is 0.508 e. The third-order valence-electron chi connectivity index (χ3n) is 5.70. The van der Waals surface area contributed by atoms with Crippen LogP contribution in [0.5, 0.6) is 11.5 Å². The normalized spacial score (nSPS) is 14.3. The summed E-state index contributed by atoms with van der Waals surface area (Å²) in [5.74, 6) is 1.40. The number of aromatic hydroxyl groups is 2. The molecule has 0 aromatic heterocycles. The first-order valence-corrected chi connectivity index (χ1v) is 9.39. The van der Waals surface area contributed by atoms with Crippen LogP contribution in [0.1, 0.15) is 88.5 Å². The molecule has 0 aliphatic rings. The van der Waals surface area contributed by atoms with E-state index in [2.05, 4.69) is 53.7 Å². The standard InChI is InChI=1S/C23H32O2/c1-7-15(3)19-13-17(24)9-11-21(19)23(5,6)22-12-10-18(25)14-20(22)16(4)8-2/h9-16,24-25H,7-8H2,1-6H3. The number of hydrogen-bond donors (Lipinski definition) is 2. The first-order valence-electron chi connectivity index (χ1n) is 9.39. The summed E-state index contributed by atoms with van der Waals surface area (Å²) in [5.41, 5.74) is 4.69. The highest BCUT2D eigenvalue weighted by atomic mass is 16.3. The lowest BCUT2D eigenvalue weighted by atomic mass is 9.71. The number of phenolic OH excluding ortho intramolecular Hbond substituents is 2. The molecule has 136 valence electrons. The summed E-state index contributed by atoms with van der Waals surface area (Å²) in [6.07, 6.45) is 2.06. The van der Waals surface area contributed by atoms with E-state index in [1.165, 1.54) is 22.3 Å². The van der Waals surface area contributed by atoms with Crippen LogP contribution in [-0.2, 0) is 5.41 Å². The van der Waals surface area contributed by atoms with Crippen molar-refractivity contribution in [1.82, 2.24) is 0 Å². The van der Waals surface area contributed by atoms with E-state index in [1.54, 1.807) is 12.1 Å². The van der Waals surface area contributed by atoms with Crippen LogP contribution in [0.4, 0.5) is 0 Å². The topological polar surface area (TPSA) is 40.5 Å². The average molecular weight is 341 g/mol. The smallest absolute Gasteiger partial charge is 0.115 e. The molecule has 0 fully saturated rings. The summed E-state index contributed by atoms with van der Waals surface area (Å²) >= 11 is 0. The number of hydrogen-bond acceptors (Lipinski definition) is 2. The Bertz CT molecular complexity index is 669. The zero-order valence-corrected chi connectivity index (χ0v) is 16.4. The molecule has 0 aliphatic carbocycles. The van der Waals surface area contributed by atoms with Gasteiger partial charge in [0.05, 0.1) is 0 Å². The molecule has 2 atom stereocenters. The maximum atomic E-state index is 10.0. The predicted octanol–water partition coefficient (Wildman–Crippen LogP) is 6.45. The van der Waals surface area contributed by atoms with E-state index in [0.717, 1.165) is 12.8 Å². The lowest BCUT2D eigenvalue weighted by Crippen LogP contribution is -2.24. The first kappa shape index (κ1) is 19.4. The maximum Gasteiger partial charge on any atom is 0.115 e. The Morgan fingerprint density at radius 3 is 1.44 bits per heavy atom. The molecule has 0 heterocycles. The molecule has 0 spiro atoms. The van der Waals surface area contributed by atoms with Gasteiger partial charge in [-0.3, -0.25) is 0 Å². The third-order valence-corrected chi connectivity index (χ3v) is 5.70. The van der Waals surface area contributed by atoms with Crippen molar-refractivity contribution in [1.29, 1.82) is 0 Å². The Morgan fingerprint density at radius 2 is 1.12 bits per heavy atom. The second-order valence-electron chi connectivity index (χ2n) is 7.79. The molecule has 2 rings (SSSR count). The highest BCUT2D eigenvalue weighted by molar-refractivity contribution is 5.51. The summed E-state index contributed by atoms with van der Waals surface area (Å²) in [7, 11) is 0. The molecule has 2 unspecified atom stereocenters. The van der Waals surface area contributed by atoms with Crippen LogP contribution < -0.4 is 0 Å². The fraction of sp³-hybridized carbons (Fsp3) is 0.478. The zero-order chi connectivity index (χ0) is 18.8. The Labute approximate surface area is 152 Å². The lowest BCUT2D eigenvalue weighted by Gasteiger charge is -2.33. The van der Waals surface area contributed by atoms with E-state index in [1.807, 2.05) is 12.1 Å². The van der Waals surface area contributed by atoms with Crippen molar-refractivity contribution in [2.45, 2.75) is 71.6 Å². The van der Waals surface area contributed by atoms with E-state index in [9.17, 15) is 10.2 Å². The Balaban J connectivity index is 2.68. The van der Waals surface area contributed by atoms with Gasteiger partial charge in [0.15, 0.2) is 0 Å². The number of benzene rings is 2. The summed E-state index contributed by atoms with van der Waals surface area (Å²) in [5, 5.41) is 20.0. The number of rotatable bonds is 6. The molecule has 2 aromatic carbocycles. The average Bonchev–Trinajstić information content (AvgIpc) is 2.59. The number of phenols is 2. The predicted molar refractivity (Wildman–Crippen MR) is 106 cm³/mol. The van der Waals surface area contributed by atoms with E-state index in [0.29, 0.717) is 23.3 Å². The summed E-state index contributed by atoms with van der Waals surface area (Å²) < 4.78 is 0. The molecule has 0 bridgehead atoms. The van der Waals surface area contributed by atoms with Gasteiger partial charge in [-0.05, 0) is 71.2 Å². The van der Waals surface area contributed by atoms with Gasteiger partial charge in [-0.25, -0.2) is 0 Å². The van der Waals surface area contributed by atoms with Crippen molar-refractivity contribution in [3.8, 4) is 11.5 Å². The van der Waals surface area contributed by atoms with E-state index < -0.39 is 0 Å². The minimum Gasteiger partial charge on any atom is -0.508 e. The summed E-state index contributed by atoms with van der Waals surface area (Å²) in [6.45, 7) is 13.3. The molecule has 0 radical (unpaired) electrons. The van der Waals surface area contributed by atoms with Gasteiger partial charge in [0.2, 0.25) is 0 Å².